The van der Waals surface area contributed by atoms with Crippen molar-refractivity contribution in [2.24, 2.45) is 5.73 Å². The first-order valence-corrected chi connectivity index (χ1v) is 8.06. The Balaban J connectivity index is 1.75. The van der Waals surface area contributed by atoms with E-state index in [4.69, 9.17) is 22.7 Å². The van der Waals surface area contributed by atoms with Gasteiger partial charge in [-0.25, -0.2) is 0 Å². The van der Waals surface area contributed by atoms with E-state index in [9.17, 15) is 0 Å². The van der Waals surface area contributed by atoms with E-state index in [1.165, 1.54) is 0 Å². The predicted molar refractivity (Wildman–Crippen MR) is 86.1 cm³/mol. The summed E-state index contributed by atoms with van der Waals surface area (Å²) in [5.41, 5.74) is 5.83. The van der Waals surface area contributed by atoms with Crippen molar-refractivity contribution in [1.29, 1.82) is 0 Å². The molecule has 0 aliphatic carbocycles. The smallest absolute Gasteiger partial charge is 0.0901 e. The summed E-state index contributed by atoms with van der Waals surface area (Å²) in [6.45, 7) is 10.4. The van der Waals surface area contributed by atoms with Crippen molar-refractivity contribution in [3.8, 4) is 0 Å². The lowest BCUT2D eigenvalue weighted by Crippen LogP contribution is -2.55. The van der Waals surface area contributed by atoms with Crippen molar-refractivity contribution in [1.82, 2.24) is 14.7 Å². The third-order valence-electron chi connectivity index (χ3n) is 4.37. The molecule has 2 saturated heterocycles. The molecule has 0 aromatic carbocycles. The van der Waals surface area contributed by atoms with Crippen LogP contribution in [0.15, 0.2) is 0 Å². The first-order chi connectivity index (χ1) is 9.60. The molecule has 2 fully saturated rings. The van der Waals surface area contributed by atoms with Crippen LogP contribution in [0, 0.1) is 0 Å². The SMILES string of the molecule is CCC(C(N)=S)N1CCN(CC2CN(C)CCO2)CC1. The van der Waals surface area contributed by atoms with Crippen LogP contribution in [-0.2, 0) is 4.74 Å². The Morgan fingerprint density at radius 1 is 1.30 bits per heavy atom. The van der Waals surface area contributed by atoms with Crippen molar-refractivity contribution in [3.05, 3.63) is 0 Å². The van der Waals surface area contributed by atoms with E-state index in [1.54, 1.807) is 0 Å². The largest absolute Gasteiger partial charge is 0.392 e. The van der Waals surface area contributed by atoms with Gasteiger partial charge in [-0.15, -0.1) is 0 Å². The van der Waals surface area contributed by atoms with E-state index in [-0.39, 0.29) is 6.04 Å². The lowest BCUT2D eigenvalue weighted by Gasteiger charge is -2.40. The highest BCUT2D eigenvalue weighted by Gasteiger charge is 2.27. The molecule has 0 aromatic heterocycles. The minimum atomic E-state index is 0.268. The van der Waals surface area contributed by atoms with Crippen molar-refractivity contribution >= 4 is 17.2 Å². The normalized spacial score (nSPS) is 28.4. The maximum absolute atomic E-state index is 5.85. The Morgan fingerprint density at radius 3 is 2.55 bits per heavy atom. The molecule has 0 amide bonds. The van der Waals surface area contributed by atoms with Crippen LogP contribution in [0.2, 0.25) is 0 Å². The second-order valence-corrected chi connectivity index (χ2v) is 6.39. The van der Waals surface area contributed by atoms with Crippen LogP contribution in [-0.4, -0.2) is 91.3 Å². The number of likely N-dealkylation sites (N-methyl/N-ethyl adjacent to an activating group) is 1. The van der Waals surface area contributed by atoms with E-state index in [1.807, 2.05) is 0 Å². The molecule has 6 heteroatoms. The summed E-state index contributed by atoms with van der Waals surface area (Å²) >= 11 is 5.17. The highest BCUT2D eigenvalue weighted by atomic mass is 32.1. The molecule has 5 nitrogen and oxygen atoms in total. The van der Waals surface area contributed by atoms with E-state index in [0.717, 1.165) is 58.8 Å². The zero-order valence-corrected chi connectivity index (χ0v) is 13.6. The number of hydrogen-bond donors (Lipinski definition) is 1. The predicted octanol–water partition coefficient (Wildman–Crippen LogP) is -0.000700. The molecule has 116 valence electrons. The molecular weight excluding hydrogens is 272 g/mol. The van der Waals surface area contributed by atoms with Crippen molar-refractivity contribution in [2.75, 3.05) is 59.5 Å². The third kappa shape index (κ3) is 4.36. The number of hydrogen-bond acceptors (Lipinski definition) is 5. The molecule has 2 rings (SSSR count). The van der Waals surface area contributed by atoms with Crippen LogP contribution in [0.25, 0.3) is 0 Å². The zero-order chi connectivity index (χ0) is 14.5. The van der Waals surface area contributed by atoms with Gasteiger partial charge in [0.15, 0.2) is 0 Å². The fourth-order valence-corrected chi connectivity index (χ4v) is 3.48. The molecule has 2 unspecified atom stereocenters. The fraction of sp³-hybridized carbons (Fsp3) is 0.929. The number of nitrogens with two attached hydrogens (primary N) is 1. The maximum Gasteiger partial charge on any atom is 0.0901 e. The molecular formula is C14H28N4OS. The first kappa shape index (κ1) is 16.1. The molecule has 0 radical (unpaired) electrons. The molecule has 0 saturated carbocycles. The zero-order valence-electron chi connectivity index (χ0n) is 12.8. The first-order valence-electron chi connectivity index (χ1n) is 7.66. The maximum atomic E-state index is 5.85. The number of thiocarbonyl (C=S) groups is 1. The average molecular weight is 300 g/mol. The Labute approximate surface area is 128 Å². The summed E-state index contributed by atoms with van der Waals surface area (Å²) in [6.07, 6.45) is 1.36. The van der Waals surface area contributed by atoms with Gasteiger partial charge in [0, 0.05) is 45.8 Å². The van der Waals surface area contributed by atoms with E-state index in [0.29, 0.717) is 11.1 Å². The van der Waals surface area contributed by atoms with Gasteiger partial charge < -0.3 is 15.4 Å². The Hall–Kier alpha value is -0.270. The quantitative estimate of drug-likeness (QED) is 0.721. The molecule has 2 heterocycles. The molecule has 2 aliphatic rings. The second kappa shape index (κ2) is 7.66. The van der Waals surface area contributed by atoms with Crippen LogP contribution in [0.5, 0.6) is 0 Å². The van der Waals surface area contributed by atoms with Gasteiger partial charge in [-0.1, -0.05) is 19.1 Å². The summed E-state index contributed by atoms with van der Waals surface area (Å²) in [7, 11) is 2.17. The lowest BCUT2D eigenvalue weighted by molar-refractivity contribution is -0.0417. The molecule has 0 aromatic rings. The van der Waals surface area contributed by atoms with E-state index >= 15 is 0 Å². The fourth-order valence-electron chi connectivity index (χ4n) is 3.16. The summed E-state index contributed by atoms with van der Waals surface area (Å²) in [5.74, 6) is 0. The van der Waals surface area contributed by atoms with Crippen molar-refractivity contribution in [2.45, 2.75) is 25.5 Å². The molecule has 20 heavy (non-hydrogen) atoms. The van der Waals surface area contributed by atoms with Gasteiger partial charge in [-0.2, -0.15) is 0 Å². The molecule has 0 spiro atoms. The summed E-state index contributed by atoms with van der Waals surface area (Å²) in [5, 5.41) is 0. The van der Waals surface area contributed by atoms with Crippen LogP contribution in [0.3, 0.4) is 0 Å². The summed E-state index contributed by atoms with van der Waals surface area (Å²) in [4.78, 5) is 7.92. The second-order valence-electron chi connectivity index (χ2n) is 5.92. The topological polar surface area (TPSA) is 45.0 Å². The van der Waals surface area contributed by atoms with Crippen molar-refractivity contribution < 1.29 is 4.74 Å². The minimum Gasteiger partial charge on any atom is -0.392 e. The number of piperazine rings is 1. The molecule has 2 N–H and O–H groups in total. The van der Waals surface area contributed by atoms with Crippen LogP contribution in [0.4, 0.5) is 0 Å². The monoisotopic (exact) mass is 300 g/mol. The number of nitrogens with zero attached hydrogens (tertiary/aromatic N) is 3. The molecule has 2 atom stereocenters. The van der Waals surface area contributed by atoms with Gasteiger partial charge in [-0.05, 0) is 13.5 Å². The number of morpholine rings is 1. The standard InChI is InChI=1S/C14H28N4OS/c1-3-13(14(15)20)18-6-4-17(5-7-18)11-12-10-16(2)8-9-19-12/h12-13H,3-11H2,1-2H3,(H2,15,20). The number of ether oxygens (including phenoxy) is 1. The van der Waals surface area contributed by atoms with Gasteiger partial charge in [0.2, 0.25) is 0 Å². The average Bonchev–Trinajstić information content (AvgIpc) is 2.41. The highest BCUT2D eigenvalue weighted by molar-refractivity contribution is 7.80. The van der Waals surface area contributed by atoms with E-state index in [2.05, 4.69) is 28.7 Å². The van der Waals surface area contributed by atoms with Gasteiger partial charge in [0.1, 0.15) is 0 Å². The van der Waals surface area contributed by atoms with Gasteiger partial charge in [0.25, 0.3) is 0 Å². The highest BCUT2D eigenvalue weighted by Crippen LogP contribution is 2.12. The molecule has 0 bridgehead atoms. The van der Waals surface area contributed by atoms with Gasteiger partial charge in [0.05, 0.1) is 23.7 Å². The van der Waals surface area contributed by atoms with Gasteiger partial charge >= 0.3 is 0 Å². The third-order valence-corrected chi connectivity index (χ3v) is 4.64. The lowest BCUT2D eigenvalue weighted by atomic mass is 10.1. The van der Waals surface area contributed by atoms with Crippen LogP contribution < -0.4 is 5.73 Å². The van der Waals surface area contributed by atoms with Gasteiger partial charge in [-0.3, -0.25) is 9.80 Å². The minimum absolute atomic E-state index is 0.268. The number of rotatable bonds is 5. The van der Waals surface area contributed by atoms with Crippen LogP contribution in [0.1, 0.15) is 13.3 Å². The Bertz CT molecular complexity index is 320. The summed E-state index contributed by atoms with van der Waals surface area (Å²) < 4.78 is 5.85. The van der Waals surface area contributed by atoms with E-state index < -0.39 is 0 Å². The summed E-state index contributed by atoms with van der Waals surface area (Å²) in [6, 6.07) is 0.268. The Kier molecular flexibility index (Phi) is 6.17. The van der Waals surface area contributed by atoms with Crippen LogP contribution >= 0.6 is 12.2 Å². The Morgan fingerprint density at radius 2 is 2.00 bits per heavy atom. The molecule has 2 aliphatic heterocycles. The van der Waals surface area contributed by atoms with Crippen molar-refractivity contribution in [3.63, 3.8) is 0 Å².